The maximum absolute atomic E-state index is 11.8. The Morgan fingerprint density at radius 3 is 2.68 bits per heavy atom. The second-order valence-corrected chi connectivity index (χ2v) is 7.43. The van der Waals surface area contributed by atoms with Crippen molar-refractivity contribution in [2.45, 2.75) is 31.3 Å². The number of fused-ring (bicyclic) bond motifs is 1. The van der Waals surface area contributed by atoms with Crippen LogP contribution in [0.3, 0.4) is 0 Å². The Morgan fingerprint density at radius 1 is 1.08 bits per heavy atom. The van der Waals surface area contributed by atoms with Crippen LogP contribution in [-0.4, -0.2) is 28.6 Å². The van der Waals surface area contributed by atoms with Crippen LogP contribution in [0.2, 0.25) is 0 Å². The molecule has 3 aromatic rings. The molecule has 0 aliphatic carbocycles. The Bertz CT molecular complexity index is 874. The highest BCUT2D eigenvalue weighted by atomic mass is 32.1. The van der Waals surface area contributed by atoms with Crippen molar-refractivity contribution in [2.75, 3.05) is 6.54 Å². The van der Waals surface area contributed by atoms with Gasteiger partial charge in [-0.15, -0.1) is 0 Å². The van der Waals surface area contributed by atoms with Gasteiger partial charge in [0.2, 0.25) is 0 Å². The monoisotopic (exact) mass is 351 g/mol. The van der Waals surface area contributed by atoms with Crippen LogP contribution in [0.4, 0.5) is 0 Å². The summed E-state index contributed by atoms with van der Waals surface area (Å²) in [5.74, 6) is -0.708. The molecule has 2 heterocycles. The summed E-state index contributed by atoms with van der Waals surface area (Å²) in [5.41, 5.74) is 2.36. The number of aliphatic carboxylic acids is 1. The molecule has 1 N–H and O–H groups in total. The molecule has 25 heavy (non-hydrogen) atoms. The summed E-state index contributed by atoms with van der Waals surface area (Å²) in [5, 5.41) is 16.4. The van der Waals surface area contributed by atoms with Crippen molar-refractivity contribution in [3.8, 4) is 0 Å². The molecule has 0 amide bonds. The molecular formula is C21H21NO2S. The van der Waals surface area contributed by atoms with E-state index < -0.39 is 12.0 Å². The number of nitrogens with zero attached hydrogens (tertiary/aromatic N) is 1. The lowest BCUT2D eigenvalue weighted by molar-refractivity contribution is -0.145. The van der Waals surface area contributed by atoms with E-state index in [2.05, 4.69) is 52.1 Å². The summed E-state index contributed by atoms with van der Waals surface area (Å²) in [6.07, 6.45) is 2.77. The van der Waals surface area contributed by atoms with Crippen molar-refractivity contribution in [3.05, 3.63) is 70.4 Å². The Morgan fingerprint density at radius 2 is 1.92 bits per heavy atom. The van der Waals surface area contributed by atoms with Crippen LogP contribution in [0.25, 0.3) is 10.8 Å². The van der Waals surface area contributed by atoms with E-state index in [-0.39, 0.29) is 6.04 Å². The number of rotatable bonds is 4. The fourth-order valence-electron chi connectivity index (χ4n) is 3.91. The van der Waals surface area contributed by atoms with Gasteiger partial charge in [-0.2, -0.15) is 11.3 Å². The van der Waals surface area contributed by atoms with Gasteiger partial charge in [0.05, 0.1) is 6.04 Å². The third-order valence-corrected chi connectivity index (χ3v) is 5.81. The lowest BCUT2D eigenvalue weighted by Gasteiger charge is -2.39. The normalized spacial score (nSPS) is 19.8. The maximum Gasteiger partial charge on any atom is 0.320 e. The molecule has 2 aromatic carbocycles. The zero-order valence-corrected chi connectivity index (χ0v) is 14.8. The largest absolute Gasteiger partial charge is 0.480 e. The third kappa shape index (κ3) is 3.20. The summed E-state index contributed by atoms with van der Waals surface area (Å²) >= 11 is 1.67. The van der Waals surface area contributed by atoms with Gasteiger partial charge in [-0.05, 0) is 64.2 Å². The molecule has 2 atom stereocenters. The van der Waals surface area contributed by atoms with Gasteiger partial charge >= 0.3 is 5.97 Å². The highest BCUT2D eigenvalue weighted by Gasteiger charge is 2.35. The predicted octanol–water partition coefficient (Wildman–Crippen LogP) is 4.93. The topological polar surface area (TPSA) is 40.5 Å². The van der Waals surface area contributed by atoms with Crippen LogP contribution in [0.1, 0.15) is 36.4 Å². The molecule has 128 valence electrons. The first-order chi connectivity index (χ1) is 12.2. The SMILES string of the molecule is O=C(O)C1CCCCN1C(c1ccsc1)c1ccc2ccccc2c1. The zero-order chi connectivity index (χ0) is 17.2. The Labute approximate surface area is 151 Å². The number of thiophene rings is 1. The maximum atomic E-state index is 11.8. The first-order valence-corrected chi connectivity index (χ1v) is 9.67. The summed E-state index contributed by atoms with van der Waals surface area (Å²) in [7, 11) is 0. The highest BCUT2D eigenvalue weighted by molar-refractivity contribution is 7.08. The second-order valence-electron chi connectivity index (χ2n) is 6.65. The highest BCUT2D eigenvalue weighted by Crippen LogP contribution is 2.36. The molecule has 1 aromatic heterocycles. The number of hydrogen-bond acceptors (Lipinski definition) is 3. The number of carboxylic acids is 1. The van der Waals surface area contributed by atoms with Crippen molar-refractivity contribution in [2.24, 2.45) is 0 Å². The average molecular weight is 351 g/mol. The minimum absolute atomic E-state index is 0.00254. The number of piperidine rings is 1. The first-order valence-electron chi connectivity index (χ1n) is 8.73. The van der Waals surface area contributed by atoms with Crippen molar-refractivity contribution in [3.63, 3.8) is 0 Å². The molecule has 0 spiro atoms. The van der Waals surface area contributed by atoms with Gasteiger partial charge in [-0.25, -0.2) is 0 Å². The van der Waals surface area contributed by atoms with Crippen LogP contribution >= 0.6 is 11.3 Å². The van der Waals surface area contributed by atoms with E-state index in [4.69, 9.17) is 0 Å². The number of likely N-dealkylation sites (tertiary alicyclic amines) is 1. The molecule has 1 aliphatic heterocycles. The van der Waals surface area contributed by atoms with Crippen molar-refractivity contribution in [1.82, 2.24) is 4.90 Å². The molecule has 0 saturated carbocycles. The predicted molar refractivity (Wildman–Crippen MR) is 102 cm³/mol. The Kier molecular flexibility index (Phi) is 4.55. The second kappa shape index (κ2) is 6.98. The standard InChI is InChI=1S/C21H21NO2S/c23-21(24)19-7-3-4-11-22(19)20(18-10-12-25-14-18)17-9-8-15-5-1-2-6-16(15)13-17/h1-2,5-6,8-10,12-14,19-20H,3-4,7,11H2,(H,23,24). The van der Waals surface area contributed by atoms with Crippen molar-refractivity contribution < 1.29 is 9.90 Å². The molecule has 4 heteroatoms. The van der Waals surface area contributed by atoms with Gasteiger partial charge in [-0.3, -0.25) is 9.69 Å². The molecule has 1 aliphatic rings. The first kappa shape index (κ1) is 16.3. The smallest absolute Gasteiger partial charge is 0.320 e. The minimum Gasteiger partial charge on any atom is -0.480 e. The summed E-state index contributed by atoms with van der Waals surface area (Å²) in [6.45, 7) is 0.824. The average Bonchev–Trinajstić information content (AvgIpc) is 3.16. The number of hydrogen-bond donors (Lipinski definition) is 1. The quantitative estimate of drug-likeness (QED) is 0.724. The van der Waals surface area contributed by atoms with Crippen LogP contribution in [0.5, 0.6) is 0 Å². The summed E-state index contributed by atoms with van der Waals surface area (Å²) in [4.78, 5) is 14.0. The van der Waals surface area contributed by atoms with Gasteiger partial charge in [0, 0.05) is 0 Å². The fraction of sp³-hybridized carbons (Fsp3) is 0.286. The third-order valence-electron chi connectivity index (χ3n) is 5.11. The molecule has 3 nitrogen and oxygen atoms in total. The summed E-state index contributed by atoms with van der Waals surface area (Å²) < 4.78 is 0. The summed E-state index contributed by atoms with van der Waals surface area (Å²) in [6, 6.07) is 16.5. The van der Waals surface area contributed by atoms with Crippen LogP contribution in [-0.2, 0) is 4.79 Å². The van der Waals surface area contributed by atoms with Gasteiger partial charge in [0.1, 0.15) is 6.04 Å². The van der Waals surface area contributed by atoms with Gasteiger partial charge in [-0.1, -0.05) is 42.8 Å². The van der Waals surface area contributed by atoms with E-state index in [9.17, 15) is 9.90 Å². The van der Waals surface area contributed by atoms with E-state index >= 15 is 0 Å². The molecule has 2 unspecified atom stereocenters. The molecule has 0 bridgehead atoms. The van der Waals surface area contributed by atoms with Gasteiger partial charge in [0.25, 0.3) is 0 Å². The van der Waals surface area contributed by atoms with Crippen LogP contribution in [0.15, 0.2) is 59.3 Å². The number of carboxylic acid groups (broad SMARTS) is 1. The van der Waals surface area contributed by atoms with E-state index in [0.717, 1.165) is 25.8 Å². The lowest BCUT2D eigenvalue weighted by Crippen LogP contribution is -2.46. The Hall–Kier alpha value is -2.17. The molecular weight excluding hydrogens is 330 g/mol. The number of benzene rings is 2. The Balaban J connectivity index is 1.81. The lowest BCUT2D eigenvalue weighted by atomic mass is 9.92. The zero-order valence-electron chi connectivity index (χ0n) is 14.0. The molecule has 0 radical (unpaired) electrons. The fourth-order valence-corrected chi connectivity index (χ4v) is 4.59. The van der Waals surface area contributed by atoms with E-state index in [1.807, 2.05) is 12.1 Å². The number of carbonyl (C=O) groups is 1. The van der Waals surface area contributed by atoms with Gasteiger partial charge < -0.3 is 5.11 Å². The molecule has 1 fully saturated rings. The minimum atomic E-state index is -0.708. The van der Waals surface area contributed by atoms with E-state index in [1.54, 1.807) is 11.3 Å². The van der Waals surface area contributed by atoms with Crippen molar-refractivity contribution in [1.29, 1.82) is 0 Å². The van der Waals surface area contributed by atoms with Crippen LogP contribution in [0, 0.1) is 0 Å². The molecule has 4 rings (SSSR count). The van der Waals surface area contributed by atoms with E-state index in [1.165, 1.54) is 21.9 Å². The van der Waals surface area contributed by atoms with Crippen molar-refractivity contribution >= 4 is 28.1 Å². The molecule has 1 saturated heterocycles. The van der Waals surface area contributed by atoms with Crippen LogP contribution < -0.4 is 0 Å². The van der Waals surface area contributed by atoms with Gasteiger partial charge in [0.15, 0.2) is 0 Å². The van der Waals surface area contributed by atoms with E-state index in [0.29, 0.717) is 0 Å².